The van der Waals surface area contributed by atoms with Gasteiger partial charge < -0.3 is 4.90 Å². The summed E-state index contributed by atoms with van der Waals surface area (Å²) in [6.07, 6.45) is 0. The molecule has 2 aromatic rings. The second-order valence-corrected chi connectivity index (χ2v) is 9.94. The standard InChI is InChI=1S/C19H21N3O3S2/c1-13-10-19(15(3)26-13)27(24,25)22-8-6-21(7-9-22)18-11-16(14(2)23)4-5-17(18)12-20/h4-5,10-11H,6-9H2,1-3H3. The van der Waals surface area contributed by atoms with E-state index in [1.165, 1.54) is 22.6 Å². The topological polar surface area (TPSA) is 81.5 Å². The van der Waals surface area contributed by atoms with Crippen molar-refractivity contribution in [3.63, 3.8) is 0 Å². The molecule has 1 aromatic heterocycles. The van der Waals surface area contributed by atoms with Crippen LogP contribution in [0.25, 0.3) is 0 Å². The van der Waals surface area contributed by atoms with Gasteiger partial charge in [0.15, 0.2) is 5.78 Å². The molecule has 0 spiro atoms. The third-order valence-electron chi connectivity index (χ3n) is 4.72. The molecule has 0 amide bonds. The molecule has 0 N–H and O–H groups in total. The minimum Gasteiger partial charge on any atom is -0.368 e. The summed E-state index contributed by atoms with van der Waals surface area (Å²) in [6.45, 7) is 6.83. The highest BCUT2D eigenvalue weighted by Gasteiger charge is 2.31. The number of sulfonamides is 1. The lowest BCUT2D eigenvalue weighted by Gasteiger charge is -2.35. The molecular formula is C19H21N3O3S2. The van der Waals surface area contributed by atoms with Crippen LogP contribution in [-0.2, 0) is 10.0 Å². The molecule has 1 fully saturated rings. The Morgan fingerprint density at radius 2 is 1.81 bits per heavy atom. The third-order valence-corrected chi connectivity index (χ3v) is 7.84. The summed E-state index contributed by atoms with van der Waals surface area (Å²) in [7, 11) is -3.52. The van der Waals surface area contributed by atoms with Crippen LogP contribution in [0.4, 0.5) is 5.69 Å². The van der Waals surface area contributed by atoms with Gasteiger partial charge in [0.1, 0.15) is 6.07 Å². The minimum absolute atomic E-state index is 0.0646. The minimum atomic E-state index is -3.52. The van der Waals surface area contributed by atoms with E-state index in [0.29, 0.717) is 47.9 Å². The Bertz CT molecular complexity index is 1030. The highest BCUT2D eigenvalue weighted by molar-refractivity contribution is 7.89. The molecule has 1 aliphatic heterocycles. The number of rotatable bonds is 4. The van der Waals surface area contributed by atoms with Crippen LogP contribution in [0.3, 0.4) is 0 Å². The Balaban J connectivity index is 1.82. The van der Waals surface area contributed by atoms with Gasteiger partial charge in [0.2, 0.25) is 10.0 Å². The number of piperazine rings is 1. The zero-order valence-electron chi connectivity index (χ0n) is 15.5. The first-order valence-corrected chi connectivity index (χ1v) is 10.9. The van der Waals surface area contributed by atoms with E-state index in [2.05, 4.69) is 6.07 Å². The quantitative estimate of drug-likeness (QED) is 0.733. The summed E-state index contributed by atoms with van der Waals surface area (Å²) in [5, 5.41) is 9.37. The largest absolute Gasteiger partial charge is 0.368 e. The molecule has 3 rings (SSSR count). The summed E-state index contributed by atoms with van der Waals surface area (Å²) in [4.78, 5) is 15.8. The van der Waals surface area contributed by atoms with Crippen molar-refractivity contribution in [1.29, 1.82) is 5.26 Å². The van der Waals surface area contributed by atoms with E-state index in [9.17, 15) is 18.5 Å². The summed E-state index contributed by atoms with van der Waals surface area (Å²) >= 11 is 1.48. The molecule has 0 atom stereocenters. The smallest absolute Gasteiger partial charge is 0.244 e. The average Bonchev–Trinajstić information content (AvgIpc) is 3.00. The van der Waals surface area contributed by atoms with Gasteiger partial charge in [-0.1, -0.05) is 0 Å². The summed E-state index contributed by atoms with van der Waals surface area (Å²) < 4.78 is 27.4. The van der Waals surface area contributed by atoms with Crippen molar-refractivity contribution >= 4 is 32.8 Å². The number of aryl methyl sites for hydroxylation is 2. The lowest BCUT2D eigenvalue weighted by Crippen LogP contribution is -2.49. The molecule has 1 aromatic carbocycles. The van der Waals surface area contributed by atoms with E-state index in [1.54, 1.807) is 24.3 Å². The molecule has 0 unspecified atom stereocenters. The fraction of sp³-hybridized carbons (Fsp3) is 0.368. The van der Waals surface area contributed by atoms with Crippen LogP contribution < -0.4 is 4.90 Å². The number of benzene rings is 1. The van der Waals surface area contributed by atoms with E-state index >= 15 is 0 Å². The number of nitrogens with zero attached hydrogens (tertiary/aromatic N) is 3. The lowest BCUT2D eigenvalue weighted by molar-refractivity contribution is 0.101. The lowest BCUT2D eigenvalue weighted by atomic mass is 10.1. The molecule has 0 radical (unpaired) electrons. The first kappa shape index (κ1) is 19.5. The average molecular weight is 404 g/mol. The van der Waals surface area contributed by atoms with Gasteiger partial charge in [-0.05, 0) is 45.0 Å². The number of anilines is 1. The van der Waals surface area contributed by atoms with Gasteiger partial charge in [0, 0.05) is 41.5 Å². The van der Waals surface area contributed by atoms with Crippen molar-refractivity contribution in [2.45, 2.75) is 25.7 Å². The number of carbonyl (C=O) groups excluding carboxylic acids is 1. The molecule has 1 aliphatic rings. The molecule has 1 saturated heterocycles. The fourth-order valence-electron chi connectivity index (χ4n) is 3.28. The predicted molar refractivity (Wildman–Crippen MR) is 106 cm³/mol. The molecule has 8 heteroatoms. The molecule has 0 saturated carbocycles. The Hall–Kier alpha value is -2.21. The van der Waals surface area contributed by atoms with Gasteiger partial charge in [0.25, 0.3) is 0 Å². The Morgan fingerprint density at radius 3 is 2.33 bits per heavy atom. The maximum atomic E-state index is 12.9. The number of Topliss-reactive ketones (excluding diaryl/α,β-unsaturated/α-hetero) is 1. The van der Waals surface area contributed by atoms with Crippen LogP contribution in [0.15, 0.2) is 29.2 Å². The van der Waals surface area contributed by atoms with Crippen LogP contribution in [0, 0.1) is 25.2 Å². The highest BCUT2D eigenvalue weighted by atomic mass is 32.2. The Labute approximate surface area is 163 Å². The molecule has 27 heavy (non-hydrogen) atoms. The maximum absolute atomic E-state index is 12.9. The number of nitriles is 1. The Kier molecular flexibility index (Phi) is 5.38. The van der Waals surface area contributed by atoms with Crippen LogP contribution in [-0.4, -0.2) is 44.7 Å². The molecule has 0 aliphatic carbocycles. The first-order valence-electron chi connectivity index (χ1n) is 8.61. The van der Waals surface area contributed by atoms with Crippen LogP contribution in [0.2, 0.25) is 0 Å². The van der Waals surface area contributed by atoms with Gasteiger partial charge in [-0.2, -0.15) is 9.57 Å². The number of ketones is 1. The molecular weight excluding hydrogens is 382 g/mol. The highest BCUT2D eigenvalue weighted by Crippen LogP contribution is 2.29. The second-order valence-electron chi connectivity index (χ2n) is 6.57. The van der Waals surface area contributed by atoms with Crippen LogP contribution >= 0.6 is 11.3 Å². The van der Waals surface area contributed by atoms with Crippen LogP contribution in [0.5, 0.6) is 0 Å². The molecule has 2 heterocycles. The normalized spacial score (nSPS) is 15.6. The van der Waals surface area contributed by atoms with Gasteiger partial charge in [-0.15, -0.1) is 11.3 Å². The van der Waals surface area contributed by atoms with Crippen molar-refractivity contribution in [2.24, 2.45) is 0 Å². The fourth-order valence-corrected chi connectivity index (χ4v) is 6.22. The zero-order chi connectivity index (χ0) is 19.8. The van der Waals surface area contributed by atoms with Gasteiger partial charge in [-0.3, -0.25) is 4.79 Å². The third kappa shape index (κ3) is 3.76. The van der Waals surface area contributed by atoms with Gasteiger partial charge in [0.05, 0.1) is 16.1 Å². The monoisotopic (exact) mass is 403 g/mol. The van der Waals surface area contributed by atoms with Gasteiger partial charge in [-0.25, -0.2) is 8.42 Å². The van der Waals surface area contributed by atoms with E-state index in [4.69, 9.17) is 0 Å². The van der Waals surface area contributed by atoms with Crippen LogP contribution in [0.1, 0.15) is 32.6 Å². The molecule has 0 bridgehead atoms. The number of carbonyl (C=O) groups is 1. The van der Waals surface area contributed by atoms with Crippen molar-refractivity contribution in [2.75, 3.05) is 31.1 Å². The second kappa shape index (κ2) is 7.43. The maximum Gasteiger partial charge on any atom is 0.244 e. The van der Waals surface area contributed by atoms with E-state index in [-0.39, 0.29) is 5.78 Å². The van der Waals surface area contributed by atoms with Crippen molar-refractivity contribution in [1.82, 2.24) is 4.31 Å². The molecule has 142 valence electrons. The van der Waals surface area contributed by atoms with E-state index < -0.39 is 10.0 Å². The zero-order valence-corrected chi connectivity index (χ0v) is 17.2. The summed E-state index contributed by atoms with van der Waals surface area (Å²) in [6, 6.07) is 8.89. The van der Waals surface area contributed by atoms with Crippen molar-refractivity contribution in [3.8, 4) is 6.07 Å². The van der Waals surface area contributed by atoms with Crippen molar-refractivity contribution < 1.29 is 13.2 Å². The predicted octanol–water partition coefficient (Wildman–Crippen LogP) is 2.95. The number of hydrogen-bond donors (Lipinski definition) is 0. The van der Waals surface area contributed by atoms with Crippen molar-refractivity contribution in [3.05, 3.63) is 45.1 Å². The number of hydrogen-bond acceptors (Lipinski definition) is 6. The summed E-state index contributed by atoms with van der Waals surface area (Å²) in [5.41, 5.74) is 1.72. The van der Waals surface area contributed by atoms with E-state index in [1.807, 2.05) is 18.7 Å². The molecule has 6 nitrogen and oxygen atoms in total. The number of thiophene rings is 1. The summed E-state index contributed by atoms with van der Waals surface area (Å²) in [5.74, 6) is -0.0646. The first-order chi connectivity index (χ1) is 12.7. The van der Waals surface area contributed by atoms with Gasteiger partial charge >= 0.3 is 0 Å². The SMILES string of the molecule is CC(=O)c1ccc(C#N)c(N2CCN(S(=O)(=O)c3cc(C)sc3C)CC2)c1. The Morgan fingerprint density at radius 1 is 1.15 bits per heavy atom. The van der Waals surface area contributed by atoms with E-state index in [0.717, 1.165) is 9.75 Å².